The summed E-state index contributed by atoms with van der Waals surface area (Å²) in [5, 5.41) is 4.36. The minimum absolute atomic E-state index is 0.736. The van der Waals surface area contributed by atoms with Gasteiger partial charge in [-0.15, -0.1) is 0 Å². The molecule has 1 atom stereocenters. The Balaban J connectivity index is 2.06. The quantitative estimate of drug-likeness (QED) is 0.841. The lowest BCUT2D eigenvalue weighted by molar-refractivity contribution is 0.395. The highest BCUT2D eigenvalue weighted by Gasteiger charge is 2.23. The zero-order valence-corrected chi connectivity index (χ0v) is 11.3. The van der Waals surface area contributed by atoms with Crippen LogP contribution in [0.15, 0.2) is 0 Å². The van der Waals surface area contributed by atoms with Crippen molar-refractivity contribution in [1.82, 2.24) is 14.7 Å². The Morgan fingerprint density at radius 2 is 2.18 bits per heavy atom. The van der Waals surface area contributed by atoms with E-state index < -0.39 is 0 Å². The van der Waals surface area contributed by atoms with Crippen LogP contribution in [-0.2, 0) is 7.05 Å². The molecule has 1 aromatic heterocycles. The first-order chi connectivity index (χ1) is 7.99. The van der Waals surface area contributed by atoms with Crippen molar-refractivity contribution in [3.63, 3.8) is 0 Å². The molecule has 1 fully saturated rings. The van der Waals surface area contributed by atoms with Gasteiger partial charge in [0.15, 0.2) is 0 Å². The van der Waals surface area contributed by atoms with Gasteiger partial charge in [0.2, 0.25) is 0 Å². The molecular formula is C12H23N5. The van der Waals surface area contributed by atoms with Crippen LogP contribution in [0, 0.1) is 12.8 Å². The zero-order valence-electron chi connectivity index (χ0n) is 11.3. The third-order valence-electron chi connectivity index (χ3n) is 3.62. The maximum absolute atomic E-state index is 6.07. The highest BCUT2D eigenvalue weighted by atomic mass is 15.4. The van der Waals surface area contributed by atoms with Crippen LogP contribution in [0.2, 0.25) is 0 Å². The average Bonchev–Trinajstić information content (AvgIpc) is 2.73. The van der Waals surface area contributed by atoms with E-state index >= 15 is 0 Å². The molecule has 2 N–H and O–H groups in total. The minimum Gasteiger partial charge on any atom is -0.394 e. The first kappa shape index (κ1) is 12.2. The topological polar surface area (TPSA) is 50.3 Å². The standard InChI is InChI=1S/C12H23N5/c1-9-11(13)12(17(4)14-9)16(3)8-10-5-6-15(2)7-10/h10H,5-8,13H2,1-4H3. The second-order valence-electron chi connectivity index (χ2n) is 5.24. The third kappa shape index (κ3) is 2.39. The van der Waals surface area contributed by atoms with Crippen molar-refractivity contribution in [2.45, 2.75) is 13.3 Å². The summed E-state index contributed by atoms with van der Waals surface area (Å²) in [6, 6.07) is 0. The summed E-state index contributed by atoms with van der Waals surface area (Å²) in [4.78, 5) is 4.62. The predicted octanol–water partition coefficient (Wildman–Crippen LogP) is 0.699. The lowest BCUT2D eigenvalue weighted by Crippen LogP contribution is -2.29. The number of aryl methyl sites for hydroxylation is 2. The van der Waals surface area contributed by atoms with Gasteiger partial charge in [-0.2, -0.15) is 5.10 Å². The summed E-state index contributed by atoms with van der Waals surface area (Å²) in [6.07, 6.45) is 1.28. The molecule has 17 heavy (non-hydrogen) atoms. The molecule has 0 aliphatic carbocycles. The molecule has 0 bridgehead atoms. The normalized spacial score (nSPS) is 21.1. The van der Waals surface area contributed by atoms with E-state index in [9.17, 15) is 0 Å². The molecule has 96 valence electrons. The summed E-state index contributed by atoms with van der Waals surface area (Å²) in [7, 11) is 6.24. The fraction of sp³-hybridized carbons (Fsp3) is 0.750. The van der Waals surface area contributed by atoms with Crippen molar-refractivity contribution in [3.8, 4) is 0 Å². The van der Waals surface area contributed by atoms with Gasteiger partial charge in [0.1, 0.15) is 5.82 Å². The van der Waals surface area contributed by atoms with E-state index in [0.29, 0.717) is 0 Å². The number of likely N-dealkylation sites (tertiary alicyclic amines) is 1. The van der Waals surface area contributed by atoms with Gasteiger partial charge in [0, 0.05) is 27.2 Å². The van der Waals surface area contributed by atoms with Crippen LogP contribution in [0.4, 0.5) is 11.5 Å². The first-order valence-corrected chi connectivity index (χ1v) is 6.17. The van der Waals surface area contributed by atoms with E-state index in [2.05, 4.69) is 29.0 Å². The zero-order chi connectivity index (χ0) is 12.6. The van der Waals surface area contributed by atoms with Crippen LogP contribution in [-0.4, -0.2) is 48.4 Å². The van der Waals surface area contributed by atoms with E-state index in [1.165, 1.54) is 19.5 Å². The Hall–Kier alpha value is -1.23. The monoisotopic (exact) mass is 237 g/mol. The molecule has 1 aliphatic heterocycles. The lowest BCUT2D eigenvalue weighted by atomic mass is 10.1. The van der Waals surface area contributed by atoms with E-state index in [-0.39, 0.29) is 0 Å². The number of aromatic nitrogens is 2. The molecule has 1 unspecified atom stereocenters. The molecule has 1 saturated heterocycles. The molecule has 0 spiro atoms. The van der Waals surface area contributed by atoms with Gasteiger partial charge in [-0.1, -0.05) is 0 Å². The maximum Gasteiger partial charge on any atom is 0.150 e. The van der Waals surface area contributed by atoms with E-state index in [1.807, 2.05) is 18.7 Å². The van der Waals surface area contributed by atoms with Gasteiger partial charge < -0.3 is 15.5 Å². The van der Waals surface area contributed by atoms with Gasteiger partial charge >= 0.3 is 0 Å². The van der Waals surface area contributed by atoms with E-state index in [4.69, 9.17) is 5.73 Å². The smallest absolute Gasteiger partial charge is 0.150 e. The van der Waals surface area contributed by atoms with Crippen LogP contribution >= 0.6 is 0 Å². The Bertz CT molecular complexity index is 398. The summed E-state index contributed by atoms with van der Waals surface area (Å²) in [5.74, 6) is 1.77. The number of hydrogen-bond acceptors (Lipinski definition) is 4. The van der Waals surface area contributed by atoms with Gasteiger partial charge in [0.25, 0.3) is 0 Å². The van der Waals surface area contributed by atoms with Crippen LogP contribution in [0.25, 0.3) is 0 Å². The Kier molecular flexibility index (Phi) is 3.28. The van der Waals surface area contributed by atoms with E-state index in [1.54, 1.807) is 0 Å². The predicted molar refractivity (Wildman–Crippen MR) is 71.2 cm³/mol. The number of nitrogen functional groups attached to an aromatic ring is 1. The summed E-state index contributed by atoms with van der Waals surface area (Å²) < 4.78 is 1.88. The summed E-state index contributed by atoms with van der Waals surface area (Å²) in [6.45, 7) is 5.39. The van der Waals surface area contributed by atoms with Gasteiger partial charge in [-0.25, -0.2) is 0 Å². The SMILES string of the molecule is Cc1nn(C)c(N(C)CC2CCN(C)C2)c1N. The van der Waals surface area contributed by atoms with Crippen LogP contribution in [0.1, 0.15) is 12.1 Å². The maximum atomic E-state index is 6.07. The van der Waals surface area contributed by atoms with Crippen molar-refractivity contribution in [1.29, 1.82) is 0 Å². The molecule has 5 nitrogen and oxygen atoms in total. The third-order valence-corrected chi connectivity index (χ3v) is 3.62. The second-order valence-corrected chi connectivity index (χ2v) is 5.24. The van der Waals surface area contributed by atoms with Crippen molar-refractivity contribution < 1.29 is 0 Å². The molecule has 0 radical (unpaired) electrons. The average molecular weight is 237 g/mol. The van der Waals surface area contributed by atoms with Crippen LogP contribution in [0.3, 0.4) is 0 Å². The Morgan fingerprint density at radius 1 is 1.47 bits per heavy atom. The number of anilines is 2. The fourth-order valence-corrected chi connectivity index (χ4v) is 2.76. The fourth-order valence-electron chi connectivity index (χ4n) is 2.76. The second kappa shape index (κ2) is 4.56. The Morgan fingerprint density at radius 3 is 2.65 bits per heavy atom. The summed E-state index contributed by atoms with van der Waals surface area (Å²) in [5.41, 5.74) is 7.79. The molecule has 0 aromatic carbocycles. The first-order valence-electron chi connectivity index (χ1n) is 6.17. The van der Waals surface area contributed by atoms with E-state index in [0.717, 1.165) is 29.7 Å². The molecule has 1 aromatic rings. The van der Waals surface area contributed by atoms with Crippen molar-refractivity contribution in [3.05, 3.63) is 5.69 Å². The number of nitrogens with two attached hydrogens (primary N) is 1. The van der Waals surface area contributed by atoms with Gasteiger partial charge in [-0.05, 0) is 32.9 Å². The Labute approximate surface area is 103 Å². The number of hydrogen-bond donors (Lipinski definition) is 1. The highest BCUT2D eigenvalue weighted by molar-refractivity contribution is 5.65. The molecule has 0 saturated carbocycles. The molecule has 1 aliphatic rings. The lowest BCUT2D eigenvalue weighted by Gasteiger charge is -2.23. The number of nitrogens with zero attached hydrogens (tertiary/aromatic N) is 4. The van der Waals surface area contributed by atoms with Crippen LogP contribution in [0.5, 0.6) is 0 Å². The minimum atomic E-state index is 0.736. The molecular weight excluding hydrogens is 214 g/mol. The van der Waals surface area contributed by atoms with Gasteiger partial charge in [-0.3, -0.25) is 4.68 Å². The van der Waals surface area contributed by atoms with Crippen LogP contribution < -0.4 is 10.6 Å². The molecule has 2 heterocycles. The van der Waals surface area contributed by atoms with Crippen molar-refractivity contribution in [2.24, 2.45) is 13.0 Å². The van der Waals surface area contributed by atoms with Gasteiger partial charge in [0.05, 0.1) is 11.4 Å². The van der Waals surface area contributed by atoms with Crippen molar-refractivity contribution in [2.75, 3.05) is 44.4 Å². The molecule has 0 amide bonds. The van der Waals surface area contributed by atoms with Crippen molar-refractivity contribution >= 4 is 11.5 Å². The summed E-state index contributed by atoms with van der Waals surface area (Å²) >= 11 is 0. The molecule has 5 heteroatoms. The highest BCUT2D eigenvalue weighted by Crippen LogP contribution is 2.26. The number of rotatable bonds is 3. The largest absolute Gasteiger partial charge is 0.394 e. The molecule has 2 rings (SSSR count).